The zero-order valence-electron chi connectivity index (χ0n) is 35.8. The minimum Gasteiger partial charge on any atom is -0.356 e. The van der Waals surface area contributed by atoms with Crippen LogP contribution in [0.4, 0.5) is 11.6 Å². The minimum absolute atomic E-state index is 0.721. The second-order valence-corrected chi connectivity index (χ2v) is 19.5. The Kier molecular flexibility index (Phi) is 13.3. The molecular formula is C48H62N10S2. The van der Waals surface area contributed by atoms with Gasteiger partial charge in [0.1, 0.15) is 34.0 Å². The van der Waals surface area contributed by atoms with Gasteiger partial charge in [0.05, 0.1) is 10.8 Å². The molecule has 12 heteroatoms. The summed E-state index contributed by atoms with van der Waals surface area (Å²) >= 11 is 3.45. The van der Waals surface area contributed by atoms with Crippen molar-refractivity contribution in [1.29, 1.82) is 0 Å². The summed E-state index contributed by atoms with van der Waals surface area (Å²) in [6, 6.07) is 22.0. The molecule has 316 valence electrons. The molecule has 4 fully saturated rings. The number of aromatic nitrogens is 4. The lowest BCUT2D eigenvalue weighted by Gasteiger charge is -2.40. The number of fused-ring (bicyclic) bond motifs is 2. The fourth-order valence-electron chi connectivity index (χ4n) is 9.89. The monoisotopic (exact) mass is 842 g/mol. The first-order valence-electron chi connectivity index (χ1n) is 22.3. The van der Waals surface area contributed by atoms with Crippen molar-refractivity contribution in [2.45, 2.75) is 44.6 Å². The molecule has 10 rings (SSSR count). The molecule has 0 amide bonds. The van der Waals surface area contributed by atoms with Gasteiger partial charge in [-0.15, -0.1) is 22.7 Å². The van der Waals surface area contributed by atoms with Crippen molar-refractivity contribution >= 4 is 54.7 Å². The molecule has 4 aliphatic rings. The smallest absolute Gasteiger partial charge is 0.141 e. The number of rotatable bonds is 9. The van der Waals surface area contributed by atoms with Crippen LogP contribution >= 0.6 is 22.7 Å². The number of anilines is 2. The summed E-state index contributed by atoms with van der Waals surface area (Å²) in [4.78, 5) is 36.0. The Balaban J connectivity index is 0.000000154. The first-order valence-corrected chi connectivity index (χ1v) is 24.1. The highest BCUT2D eigenvalue weighted by Gasteiger charge is 2.29. The van der Waals surface area contributed by atoms with Crippen molar-refractivity contribution < 1.29 is 0 Å². The quantitative estimate of drug-likeness (QED) is 0.142. The van der Waals surface area contributed by atoms with E-state index in [1.165, 1.54) is 124 Å². The van der Waals surface area contributed by atoms with Crippen LogP contribution in [0.2, 0.25) is 0 Å². The predicted octanol–water partition coefficient (Wildman–Crippen LogP) is 8.42. The summed E-state index contributed by atoms with van der Waals surface area (Å²) in [7, 11) is 6.68. The molecule has 60 heavy (non-hydrogen) atoms. The van der Waals surface area contributed by atoms with Gasteiger partial charge >= 0.3 is 0 Å². The Labute approximate surface area is 364 Å². The number of hydrogen-bond acceptors (Lipinski definition) is 12. The van der Waals surface area contributed by atoms with Crippen LogP contribution in [0.25, 0.3) is 42.7 Å². The summed E-state index contributed by atoms with van der Waals surface area (Å²) < 4.78 is 0. The normalized spacial score (nSPS) is 20.6. The molecule has 6 aromatic rings. The lowest BCUT2D eigenvalue weighted by atomic mass is 9.94. The molecular weight excluding hydrogens is 781 g/mol. The zero-order valence-corrected chi connectivity index (χ0v) is 37.5. The molecule has 10 nitrogen and oxygen atoms in total. The van der Waals surface area contributed by atoms with E-state index in [4.69, 9.17) is 9.97 Å². The number of likely N-dealkylation sites (tertiary alicyclic amines) is 1. The molecule has 8 heterocycles. The number of piperidine rings is 3. The second kappa shape index (κ2) is 19.3. The maximum absolute atomic E-state index is 4.76. The summed E-state index contributed by atoms with van der Waals surface area (Å²) in [6.45, 7) is 14.2. The molecule has 0 N–H and O–H groups in total. The van der Waals surface area contributed by atoms with Crippen LogP contribution in [-0.4, -0.2) is 145 Å². The van der Waals surface area contributed by atoms with Crippen LogP contribution in [0.15, 0.2) is 84.1 Å². The average molecular weight is 843 g/mol. The standard InChI is InChI=1S/C25H33N5S.C23H29N5S/c1-28(2)21-9-6-12-29(16-21)15-19-10-13-30(14-11-19)24-23-22(20-7-4-3-5-8-20)17-31-25(23)27-18-26-24;1-26-11-13-27(14-12-26)15-18-7-9-28(10-8-18)22-21-20(19-5-3-2-4-6-19)16-29-23(21)25-17-24-22/h3-5,7-8,17-19,21H,6,9-16H2,1-2H3;2-6,16-18H,7-15H2,1H3/t21-;/m0./s1. The van der Waals surface area contributed by atoms with Gasteiger partial charge in [-0.2, -0.15) is 0 Å². The Bertz CT molecular complexity index is 2250. The third-order valence-corrected chi connectivity index (χ3v) is 15.3. The second-order valence-electron chi connectivity index (χ2n) is 17.8. The van der Waals surface area contributed by atoms with Crippen LogP contribution < -0.4 is 9.80 Å². The van der Waals surface area contributed by atoms with Crippen molar-refractivity contribution in [1.82, 2.24) is 39.5 Å². The fraction of sp³-hybridized carbons (Fsp3) is 0.500. The maximum atomic E-state index is 4.76. The molecule has 4 aliphatic heterocycles. The van der Waals surface area contributed by atoms with Gasteiger partial charge < -0.3 is 29.4 Å². The number of benzene rings is 2. The Hall–Kier alpha value is -4.04. The number of thiophene rings is 2. The lowest BCUT2D eigenvalue weighted by molar-refractivity contribution is 0.113. The lowest BCUT2D eigenvalue weighted by Crippen LogP contribution is -2.47. The van der Waals surface area contributed by atoms with Gasteiger partial charge in [-0.25, -0.2) is 19.9 Å². The first kappa shape index (κ1) is 41.3. The van der Waals surface area contributed by atoms with Gasteiger partial charge in [-0.1, -0.05) is 60.7 Å². The van der Waals surface area contributed by atoms with Crippen LogP contribution in [0.1, 0.15) is 38.5 Å². The summed E-state index contributed by atoms with van der Waals surface area (Å²) in [5, 5.41) is 6.92. The summed E-state index contributed by atoms with van der Waals surface area (Å²) in [5.41, 5.74) is 5.03. The highest BCUT2D eigenvalue weighted by atomic mass is 32.1. The SMILES string of the molecule is CN(C)[C@H]1CCCN(CC2CCN(c3ncnc4scc(-c5ccccc5)c34)CC2)C1.CN1CCN(CC2CCN(c3ncnc4scc(-c5ccccc5)c34)CC2)CC1. The van der Waals surface area contributed by atoms with Gasteiger partial charge in [0.15, 0.2) is 0 Å². The molecule has 0 unspecified atom stereocenters. The minimum atomic E-state index is 0.721. The van der Waals surface area contributed by atoms with Crippen molar-refractivity contribution in [2.24, 2.45) is 11.8 Å². The van der Waals surface area contributed by atoms with Crippen LogP contribution in [0, 0.1) is 11.8 Å². The number of piperazine rings is 1. The van der Waals surface area contributed by atoms with Gasteiger partial charge in [0.2, 0.25) is 0 Å². The summed E-state index contributed by atoms with van der Waals surface area (Å²) in [5.74, 6) is 3.84. The van der Waals surface area contributed by atoms with Gasteiger partial charge in [-0.05, 0) is 89.2 Å². The summed E-state index contributed by atoms with van der Waals surface area (Å²) in [6.07, 6.45) is 11.2. The molecule has 4 aromatic heterocycles. The number of nitrogens with zero attached hydrogens (tertiary/aromatic N) is 10. The Morgan fingerprint density at radius 2 is 1.05 bits per heavy atom. The van der Waals surface area contributed by atoms with Gasteiger partial charge in [0.25, 0.3) is 0 Å². The Morgan fingerprint density at radius 3 is 1.53 bits per heavy atom. The Morgan fingerprint density at radius 1 is 0.567 bits per heavy atom. The average Bonchev–Trinajstić information content (AvgIpc) is 3.94. The molecule has 2 aromatic carbocycles. The zero-order chi connectivity index (χ0) is 40.8. The first-order chi connectivity index (χ1) is 29.5. The van der Waals surface area contributed by atoms with E-state index < -0.39 is 0 Å². The van der Waals surface area contributed by atoms with Crippen molar-refractivity contribution in [2.75, 3.05) is 109 Å². The number of likely N-dealkylation sites (N-methyl/N-ethyl adjacent to an activating group) is 2. The van der Waals surface area contributed by atoms with E-state index in [0.717, 1.165) is 65.4 Å². The van der Waals surface area contributed by atoms with E-state index >= 15 is 0 Å². The molecule has 0 radical (unpaired) electrons. The third-order valence-electron chi connectivity index (χ3n) is 13.5. The van der Waals surface area contributed by atoms with E-state index in [0.29, 0.717) is 0 Å². The molecule has 0 aliphatic carbocycles. The fourth-order valence-corrected chi connectivity index (χ4v) is 11.7. The third kappa shape index (κ3) is 9.54. The van der Waals surface area contributed by atoms with E-state index in [1.54, 1.807) is 35.3 Å². The van der Waals surface area contributed by atoms with E-state index in [9.17, 15) is 0 Å². The van der Waals surface area contributed by atoms with E-state index in [1.807, 2.05) is 0 Å². The maximum Gasteiger partial charge on any atom is 0.141 e. The van der Waals surface area contributed by atoms with Gasteiger partial charge in [0, 0.05) is 99.9 Å². The molecule has 0 spiro atoms. The van der Waals surface area contributed by atoms with Crippen molar-refractivity contribution in [3.05, 3.63) is 84.1 Å². The topological polar surface area (TPSA) is 71.0 Å². The van der Waals surface area contributed by atoms with Crippen molar-refractivity contribution in [3.63, 3.8) is 0 Å². The van der Waals surface area contributed by atoms with Crippen LogP contribution in [-0.2, 0) is 0 Å². The molecule has 4 saturated heterocycles. The molecule has 0 bridgehead atoms. The van der Waals surface area contributed by atoms with Crippen molar-refractivity contribution in [3.8, 4) is 22.3 Å². The van der Waals surface area contributed by atoms with Crippen LogP contribution in [0.3, 0.4) is 0 Å². The highest BCUT2D eigenvalue weighted by Crippen LogP contribution is 2.40. The molecule has 0 saturated carbocycles. The van der Waals surface area contributed by atoms with E-state index in [2.05, 4.69) is 132 Å². The van der Waals surface area contributed by atoms with Crippen LogP contribution in [0.5, 0.6) is 0 Å². The molecule has 1 atom stereocenters. The van der Waals surface area contributed by atoms with Gasteiger partial charge in [-0.3, -0.25) is 0 Å². The van der Waals surface area contributed by atoms with E-state index in [-0.39, 0.29) is 0 Å². The predicted molar refractivity (Wildman–Crippen MR) is 253 cm³/mol. The number of hydrogen-bond donors (Lipinski definition) is 0. The highest BCUT2D eigenvalue weighted by molar-refractivity contribution is 7.17. The largest absolute Gasteiger partial charge is 0.356 e.